The van der Waals surface area contributed by atoms with Crippen LogP contribution in [-0.4, -0.2) is 47.6 Å². The molecule has 0 aliphatic carbocycles. The van der Waals surface area contributed by atoms with Crippen molar-refractivity contribution in [1.82, 2.24) is 25.8 Å². The van der Waals surface area contributed by atoms with Crippen LogP contribution in [0.15, 0.2) is 65.5 Å². The van der Waals surface area contributed by atoms with Crippen LogP contribution in [0.3, 0.4) is 0 Å². The number of carbonyl (C=O) groups is 1. The number of carbonyl (C=O) groups excluding carboxylic acids is 1. The van der Waals surface area contributed by atoms with E-state index in [2.05, 4.69) is 65.7 Å². The summed E-state index contributed by atoms with van der Waals surface area (Å²) in [7, 11) is 2.05. The maximum atomic E-state index is 12.1. The summed E-state index contributed by atoms with van der Waals surface area (Å²) in [5.41, 5.74) is 11.8. The molecule has 3 aliphatic heterocycles. The van der Waals surface area contributed by atoms with Crippen LogP contribution in [0.4, 0.5) is 0 Å². The third kappa shape index (κ3) is 5.34. The average molecular weight is 494 g/mol. The molecule has 3 aliphatic rings. The largest absolute Gasteiger partial charge is 0.378 e. The van der Waals surface area contributed by atoms with E-state index in [1.165, 1.54) is 28.0 Å². The van der Waals surface area contributed by atoms with Crippen molar-refractivity contribution in [2.75, 3.05) is 26.7 Å². The van der Waals surface area contributed by atoms with Gasteiger partial charge in [0.1, 0.15) is 0 Å². The van der Waals surface area contributed by atoms with Crippen LogP contribution in [0, 0.1) is 0 Å². The standard InChI is InChI=1S/C28H36ClN5O/c1-6-23(10-8-19(3)29)30-26-14-17-34-28(20(4)31-32(34)5)24-11-9-22(18-25(24)26)21-12-15-33(16-13-21)27(35)7-2/h6,8-12,18,26,30-31H,1,7,13-17H2,2-5H3/b19-8+,23-10+. The number of hydrogen-bond donors (Lipinski definition) is 2. The van der Waals surface area contributed by atoms with Crippen molar-refractivity contribution in [3.8, 4) is 0 Å². The molecule has 0 aromatic heterocycles. The van der Waals surface area contributed by atoms with E-state index < -0.39 is 0 Å². The molecule has 1 unspecified atom stereocenters. The van der Waals surface area contributed by atoms with Gasteiger partial charge in [-0.05, 0) is 67.7 Å². The Kier molecular flexibility index (Phi) is 7.72. The molecule has 0 bridgehead atoms. The van der Waals surface area contributed by atoms with Crippen LogP contribution in [-0.2, 0) is 4.79 Å². The van der Waals surface area contributed by atoms with Crippen LogP contribution in [0.5, 0.6) is 0 Å². The molecule has 6 nitrogen and oxygen atoms in total. The summed E-state index contributed by atoms with van der Waals surface area (Å²) in [5.74, 6) is 0.219. The first kappa shape index (κ1) is 25.1. The van der Waals surface area contributed by atoms with Gasteiger partial charge in [-0.25, -0.2) is 0 Å². The van der Waals surface area contributed by atoms with Crippen LogP contribution >= 0.6 is 11.6 Å². The lowest BCUT2D eigenvalue weighted by molar-refractivity contribution is -0.130. The van der Waals surface area contributed by atoms with Gasteiger partial charge in [-0.1, -0.05) is 43.3 Å². The zero-order chi connectivity index (χ0) is 25.1. The Labute approximate surface area is 214 Å². The van der Waals surface area contributed by atoms with E-state index in [1.54, 1.807) is 0 Å². The Morgan fingerprint density at radius 2 is 2.11 bits per heavy atom. The number of rotatable bonds is 6. The Morgan fingerprint density at radius 3 is 2.77 bits per heavy atom. The number of hydrazine groups is 2. The topological polar surface area (TPSA) is 50.9 Å². The fourth-order valence-corrected chi connectivity index (χ4v) is 5.15. The minimum atomic E-state index is 0.111. The lowest BCUT2D eigenvalue weighted by Crippen LogP contribution is -2.40. The van der Waals surface area contributed by atoms with Crippen molar-refractivity contribution in [1.29, 1.82) is 0 Å². The maximum absolute atomic E-state index is 12.1. The summed E-state index contributed by atoms with van der Waals surface area (Å²) in [6.45, 7) is 12.3. The van der Waals surface area contributed by atoms with Crippen molar-refractivity contribution in [2.24, 2.45) is 0 Å². The minimum Gasteiger partial charge on any atom is -0.378 e. The fraction of sp³-hybridized carbons (Fsp3) is 0.393. The third-order valence-electron chi connectivity index (χ3n) is 6.91. The van der Waals surface area contributed by atoms with Crippen LogP contribution < -0.4 is 10.7 Å². The van der Waals surface area contributed by atoms with E-state index in [9.17, 15) is 4.79 Å². The van der Waals surface area contributed by atoms with Gasteiger partial charge in [-0.2, -0.15) is 0 Å². The number of halogens is 1. The molecule has 0 radical (unpaired) electrons. The number of nitrogens with one attached hydrogen (secondary N) is 2. The van der Waals surface area contributed by atoms with Crippen molar-refractivity contribution in [3.63, 3.8) is 0 Å². The van der Waals surface area contributed by atoms with E-state index in [4.69, 9.17) is 11.6 Å². The summed E-state index contributed by atoms with van der Waals surface area (Å²) in [6.07, 6.45) is 10.3. The predicted molar refractivity (Wildman–Crippen MR) is 144 cm³/mol. The predicted octanol–water partition coefficient (Wildman–Crippen LogP) is 5.31. The molecule has 1 amide bonds. The molecule has 0 saturated carbocycles. The molecule has 2 N–H and O–H groups in total. The number of amides is 1. The normalized spacial score (nSPS) is 21.2. The summed E-state index contributed by atoms with van der Waals surface area (Å²) in [6, 6.07) is 6.92. The van der Waals surface area contributed by atoms with Crippen molar-refractivity contribution in [2.45, 2.75) is 46.1 Å². The molecular weight excluding hydrogens is 458 g/mol. The second kappa shape index (κ2) is 10.8. The van der Waals surface area contributed by atoms with Gasteiger partial charge >= 0.3 is 0 Å². The molecule has 0 fully saturated rings. The smallest absolute Gasteiger partial charge is 0.222 e. The van der Waals surface area contributed by atoms with Crippen LogP contribution in [0.2, 0.25) is 0 Å². The first-order chi connectivity index (χ1) is 16.8. The summed E-state index contributed by atoms with van der Waals surface area (Å²) in [4.78, 5) is 14.1. The second-order valence-corrected chi connectivity index (χ2v) is 9.87. The molecule has 1 aromatic rings. The Bertz CT molecular complexity index is 1130. The molecule has 7 heteroatoms. The van der Waals surface area contributed by atoms with Crippen molar-refractivity contribution in [3.05, 3.63) is 82.2 Å². The highest BCUT2D eigenvalue weighted by atomic mass is 35.5. The number of hydrogen-bond acceptors (Lipinski definition) is 5. The van der Waals surface area contributed by atoms with E-state index in [1.807, 2.05) is 37.0 Å². The Hall–Kier alpha value is -2.96. The molecule has 1 atom stereocenters. The van der Waals surface area contributed by atoms with E-state index >= 15 is 0 Å². The van der Waals surface area contributed by atoms with E-state index in [0.717, 1.165) is 42.4 Å². The van der Waals surface area contributed by atoms with Crippen molar-refractivity contribution >= 4 is 28.8 Å². The van der Waals surface area contributed by atoms with Gasteiger partial charge in [-0.3, -0.25) is 9.80 Å². The first-order valence-corrected chi connectivity index (χ1v) is 12.7. The molecule has 0 spiro atoms. The zero-order valence-electron chi connectivity index (χ0n) is 21.2. The highest BCUT2D eigenvalue weighted by Gasteiger charge is 2.33. The minimum absolute atomic E-state index is 0.111. The highest BCUT2D eigenvalue weighted by molar-refractivity contribution is 6.29. The maximum Gasteiger partial charge on any atom is 0.222 e. The van der Waals surface area contributed by atoms with Gasteiger partial charge in [0.15, 0.2) is 0 Å². The lowest BCUT2D eigenvalue weighted by atomic mass is 9.90. The molecule has 186 valence electrons. The van der Waals surface area contributed by atoms with Crippen molar-refractivity contribution < 1.29 is 4.79 Å². The van der Waals surface area contributed by atoms with Gasteiger partial charge in [0.05, 0.1) is 17.4 Å². The van der Waals surface area contributed by atoms with Gasteiger partial charge in [0.25, 0.3) is 0 Å². The quantitative estimate of drug-likeness (QED) is 0.525. The Morgan fingerprint density at radius 1 is 1.31 bits per heavy atom. The van der Waals surface area contributed by atoms with E-state index in [-0.39, 0.29) is 11.9 Å². The monoisotopic (exact) mass is 493 g/mol. The highest BCUT2D eigenvalue weighted by Crippen LogP contribution is 2.39. The number of benzene rings is 1. The number of allylic oxidation sites excluding steroid dienone is 5. The molecule has 0 saturated heterocycles. The fourth-order valence-electron chi connectivity index (χ4n) is 5.09. The third-order valence-corrected chi connectivity index (χ3v) is 7.03. The second-order valence-electron chi connectivity index (χ2n) is 9.27. The number of fused-ring (bicyclic) bond motifs is 3. The molecule has 3 heterocycles. The molecule has 1 aromatic carbocycles. The molecule has 4 rings (SSSR count). The summed E-state index contributed by atoms with van der Waals surface area (Å²) >= 11 is 6.07. The number of nitrogens with zero attached hydrogens (tertiary/aromatic N) is 3. The molecular formula is C28H36ClN5O. The first-order valence-electron chi connectivity index (χ1n) is 12.4. The zero-order valence-corrected chi connectivity index (χ0v) is 22.0. The van der Waals surface area contributed by atoms with Crippen LogP contribution in [0.25, 0.3) is 11.3 Å². The lowest BCUT2D eigenvalue weighted by Gasteiger charge is -2.27. The van der Waals surface area contributed by atoms with E-state index in [0.29, 0.717) is 13.0 Å². The average Bonchev–Trinajstić information content (AvgIpc) is 3.04. The van der Waals surface area contributed by atoms with Gasteiger partial charge in [0, 0.05) is 49.4 Å². The summed E-state index contributed by atoms with van der Waals surface area (Å²) in [5, 5.41) is 8.82. The SMILES string of the molecule is C=C/C(=C\C=C(/C)Cl)NC1CCN2C(=C(C)NN2C)c2ccc(C3=CCN(C(=O)CC)CC3)cc21. The van der Waals surface area contributed by atoms with Gasteiger partial charge < -0.3 is 15.6 Å². The van der Waals surface area contributed by atoms with Crippen LogP contribution in [0.1, 0.15) is 62.8 Å². The molecule has 35 heavy (non-hydrogen) atoms. The van der Waals surface area contributed by atoms with Gasteiger partial charge in [-0.15, -0.1) is 5.12 Å². The Balaban J connectivity index is 1.73. The van der Waals surface area contributed by atoms with Gasteiger partial charge in [0.2, 0.25) is 5.91 Å². The summed E-state index contributed by atoms with van der Waals surface area (Å²) < 4.78 is 0.